The van der Waals surface area contributed by atoms with Crippen LogP contribution in [-0.4, -0.2) is 13.0 Å². The molecule has 0 unspecified atom stereocenters. The number of amides is 1. The molecule has 2 aromatic carbocycles. The van der Waals surface area contributed by atoms with Gasteiger partial charge in [-0.05, 0) is 29.8 Å². The van der Waals surface area contributed by atoms with E-state index in [9.17, 15) is 4.79 Å². The summed E-state index contributed by atoms with van der Waals surface area (Å²) in [7, 11) is 1.61. The molecule has 0 bridgehead atoms. The molecule has 2 aromatic rings. The molecule has 4 heteroatoms. The molecule has 0 spiro atoms. The maximum atomic E-state index is 11.8. The second kappa shape index (κ2) is 7.64. The van der Waals surface area contributed by atoms with Crippen molar-refractivity contribution in [1.29, 1.82) is 0 Å². The lowest BCUT2D eigenvalue weighted by Gasteiger charge is -2.05. The van der Waals surface area contributed by atoms with Crippen molar-refractivity contribution in [2.75, 3.05) is 7.11 Å². The summed E-state index contributed by atoms with van der Waals surface area (Å²) in [5, 5.41) is 2.84. The summed E-state index contributed by atoms with van der Waals surface area (Å²) in [5.74, 6) is 0.589. The fourth-order valence-electron chi connectivity index (χ4n) is 1.84. The van der Waals surface area contributed by atoms with Crippen LogP contribution in [0, 0.1) is 0 Å². The average Bonchev–Trinajstić information content (AvgIpc) is 2.52. The van der Waals surface area contributed by atoms with Gasteiger partial charge in [-0.25, -0.2) is 0 Å². The number of hydrogen-bond acceptors (Lipinski definition) is 2. The van der Waals surface area contributed by atoms with E-state index in [4.69, 9.17) is 4.74 Å². The van der Waals surface area contributed by atoms with Crippen molar-refractivity contribution in [3.8, 4) is 5.75 Å². The lowest BCUT2D eigenvalue weighted by atomic mass is 10.2. The van der Waals surface area contributed by atoms with Crippen LogP contribution >= 0.6 is 15.9 Å². The molecule has 0 heterocycles. The Kier molecular flexibility index (Phi) is 5.58. The zero-order valence-corrected chi connectivity index (χ0v) is 13.3. The van der Waals surface area contributed by atoms with Crippen molar-refractivity contribution in [3.05, 3.63) is 70.2 Å². The second-order valence-corrected chi connectivity index (χ2v) is 5.34. The maximum Gasteiger partial charge on any atom is 0.244 e. The molecule has 0 aromatic heterocycles. The summed E-state index contributed by atoms with van der Waals surface area (Å²) in [4.78, 5) is 11.8. The number of halogens is 1. The van der Waals surface area contributed by atoms with Gasteiger partial charge in [-0.15, -0.1) is 0 Å². The number of rotatable bonds is 5. The highest BCUT2D eigenvalue weighted by Gasteiger charge is 2.01. The number of methoxy groups -OCH3 is 1. The Morgan fingerprint density at radius 2 is 2.00 bits per heavy atom. The molecule has 3 nitrogen and oxygen atoms in total. The van der Waals surface area contributed by atoms with Crippen molar-refractivity contribution in [1.82, 2.24) is 5.32 Å². The molecule has 0 aliphatic rings. The summed E-state index contributed by atoms with van der Waals surface area (Å²) in [6.07, 6.45) is 3.25. The maximum absolute atomic E-state index is 11.8. The molecule has 0 atom stereocenters. The molecule has 1 N–H and O–H groups in total. The van der Waals surface area contributed by atoms with E-state index in [2.05, 4.69) is 21.2 Å². The van der Waals surface area contributed by atoms with Gasteiger partial charge in [-0.3, -0.25) is 4.79 Å². The van der Waals surface area contributed by atoms with E-state index in [1.54, 1.807) is 13.2 Å². The number of benzene rings is 2. The van der Waals surface area contributed by atoms with Crippen molar-refractivity contribution in [2.24, 2.45) is 0 Å². The Labute approximate surface area is 132 Å². The van der Waals surface area contributed by atoms with E-state index >= 15 is 0 Å². The lowest BCUT2D eigenvalue weighted by Crippen LogP contribution is -2.20. The monoisotopic (exact) mass is 345 g/mol. The van der Waals surface area contributed by atoms with Gasteiger partial charge in [0.2, 0.25) is 5.91 Å². The minimum atomic E-state index is -0.138. The summed E-state index contributed by atoms with van der Waals surface area (Å²) in [6, 6.07) is 15.4. The van der Waals surface area contributed by atoms with Crippen LogP contribution in [0.25, 0.3) is 6.08 Å². The van der Waals surface area contributed by atoms with Crippen molar-refractivity contribution in [2.45, 2.75) is 6.54 Å². The summed E-state index contributed by atoms with van der Waals surface area (Å²) in [5.41, 5.74) is 1.92. The largest absolute Gasteiger partial charge is 0.496 e. The predicted octanol–water partition coefficient (Wildman–Crippen LogP) is 3.79. The van der Waals surface area contributed by atoms with Crippen LogP contribution in [0.5, 0.6) is 5.75 Å². The van der Waals surface area contributed by atoms with Gasteiger partial charge in [0, 0.05) is 22.7 Å². The molecular weight excluding hydrogens is 330 g/mol. The van der Waals surface area contributed by atoms with Crippen molar-refractivity contribution >= 4 is 27.9 Å². The van der Waals surface area contributed by atoms with Crippen LogP contribution in [0.1, 0.15) is 11.1 Å². The fourth-order valence-corrected chi connectivity index (χ4v) is 2.22. The quantitative estimate of drug-likeness (QED) is 0.837. The van der Waals surface area contributed by atoms with Gasteiger partial charge < -0.3 is 10.1 Å². The van der Waals surface area contributed by atoms with Gasteiger partial charge >= 0.3 is 0 Å². The molecule has 0 aliphatic carbocycles. The Balaban J connectivity index is 1.97. The van der Waals surface area contributed by atoms with E-state index in [1.807, 2.05) is 48.5 Å². The first-order chi connectivity index (χ1) is 10.2. The first kappa shape index (κ1) is 15.3. The Morgan fingerprint density at radius 3 is 2.71 bits per heavy atom. The molecule has 1 amide bonds. The highest BCUT2D eigenvalue weighted by Crippen LogP contribution is 2.23. The first-order valence-corrected chi connectivity index (χ1v) is 7.31. The highest BCUT2D eigenvalue weighted by molar-refractivity contribution is 9.10. The van der Waals surface area contributed by atoms with Crippen molar-refractivity contribution < 1.29 is 9.53 Å². The Hall–Kier alpha value is -2.07. The third-order valence-electron chi connectivity index (χ3n) is 2.92. The van der Waals surface area contributed by atoms with Crippen LogP contribution in [0.3, 0.4) is 0 Å². The van der Waals surface area contributed by atoms with Gasteiger partial charge in [0.1, 0.15) is 5.75 Å². The minimum Gasteiger partial charge on any atom is -0.496 e. The zero-order valence-electron chi connectivity index (χ0n) is 11.7. The molecule has 0 aliphatic heterocycles. The molecular formula is C17H16BrNO2. The van der Waals surface area contributed by atoms with E-state index in [1.165, 1.54) is 6.08 Å². The first-order valence-electron chi connectivity index (χ1n) is 6.52. The third kappa shape index (κ3) is 4.76. The summed E-state index contributed by atoms with van der Waals surface area (Å²) < 4.78 is 6.20. The average molecular weight is 346 g/mol. The molecule has 0 saturated carbocycles. The van der Waals surface area contributed by atoms with Crippen molar-refractivity contribution in [3.63, 3.8) is 0 Å². The summed E-state index contributed by atoms with van der Waals surface area (Å²) in [6.45, 7) is 0.514. The van der Waals surface area contributed by atoms with Crippen LogP contribution < -0.4 is 10.1 Å². The molecule has 108 valence electrons. The van der Waals surface area contributed by atoms with Crippen LogP contribution in [0.2, 0.25) is 0 Å². The Bertz CT molecular complexity index is 638. The molecule has 0 fully saturated rings. The number of carbonyl (C=O) groups is 1. The topological polar surface area (TPSA) is 38.3 Å². The van der Waals surface area contributed by atoms with Gasteiger partial charge in [-0.1, -0.05) is 46.3 Å². The Morgan fingerprint density at radius 1 is 1.24 bits per heavy atom. The SMILES string of the molecule is COc1ccc(Br)cc1C=CC(=O)NCc1ccccc1. The van der Waals surface area contributed by atoms with E-state index in [0.717, 1.165) is 21.3 Å². The van der Waals surface area contributed by atoms with Gasteiger partial charge in [0.05, 0.1) is 7.11 Å². The molecule has 2 rings (SSSR count). The predicted molar refractivity (Wildman–Crippen MR) is 88.0 cm³/mol. The van der Waals surface area contributed by atoms with Gasteiger partial charge in [0.15, 0.2) is 0 Å². The van der Waals surface area contributed by atoms with Gasteiger partial charge in [0.25, 0.3) is 0 Å². The number of carbonyl (C=O) groups excluding carboxylic acids is 1. The fraction of sp³-hybridized carbons (Fsp3) is 0.118. The molecule has 0 radical (unpaired) electrons. The van der Waals surface area contributed by atoms with E-state index in [0.29, 0.717) is 6.54 Å². The lowest BCUT2D eigenvalue weighted by molar-refractivity contribution is -0.116. The highest BCUT2D eigenvalue weighted by atomic mass is 79.9. The standard InChI is InChI=1S/C17H16BrNO2/c1-21-16-9-8-15(18)11-14(16)7-10-17(20)19-12-13-5-3-2-4-6-13/h2-11H,12H2,1H3,(H,19,20). The van der Waals surface area contributed by atoms with Crippen LogP contribution in [0.4, 0.5) is 0 Å². The smallest absolute Gasteiger partial charge is 0.244 e. The van der Waals surface area contributed by atoms with E-state index < -0.39 is 0 Å². The summed E-state index contributed by atoms with van der Waals surface area (Å²) >= 11 is 3.40. The third-order valence-corrected chi connectivity index (χ3v) is 3.41. The van der Waals surface area contributed by atoms with Gasteiger partial charge in [-0.2, -0.15) is 0 Å². The number of nitrogens with one attached hydrogen (secondary N) is 1. The minimum absolute atomic E-state index is 0.138. The van der Waals surface area contributed by atoms with Crippen LogP contribution in [0.15, 0.2) is 59.1 Å². The number of hydrogen-bond donors (Lipinski definition) is 1. The zero-order chi connectivity index (χ0) is 15.1. The normalized spacial score (nSPS) is 10.6. The van der Waals surface area contributed by atoms with Crippen LogP contribution in [-0.2, 0) is 11.3 Å². The molecule has 21 heavy (non-hydrogen) atoms. The second-order valence-electron chi connectivity index (χ2n) is 4.42. The number of ether oxygens (including phenoxy) is 1. The van der Waals surface area contributed by atoms with E-state index in [-0.39, 0.29) is 5.91 Å². The molecule has 0 saturated heterocycles.